The summed E-state index contributed by atoms with van der Waals surface area (Å²) in [5.41, 5.74) is 0. The number of rotatable bonds is 1. The topological polar surface area (TPSA) is 32.3 Å². The van der Waals surface area contributed by atoms with Crippen LogP contribution in [0.5, 0.6) is 0 Å². The van der Waals surface area contributed by atoms with Crippen LogP contribution in [-0.2, 0) is 0 Å². The van der Waals surface area contributed by atoms with Gasteiger partial charge < -0.3 is 10.4 Å². The van der Waals surface area contributed by atoms with Crippen LogP contribution < -0.4 is 5.32 Å². The van der Waals surface area contributed by atoms with Crippen LogP contribution in [0.1, 0.15) is 12.8 Å². The molecule has 1 aliphatic heterocycles. The average Bonchev–Trinajstić information content (AvgIpc) is 2.64. The van der Waals surface area contributed by atoms with Gasteiger partial charge in [-0.25, -0.2) is 0 Å². The SMILES string of the molecule is OCC1CCNC2CC12. The fraction of sp³-hybridized carbons (Fsp3) is 1.00. The minimum atomic E-state index is 0.406. The molecule has 1 heterocycles. The first-order chi connectivity index (χ1) is 4.42. The van der Waals surface area contributed by atoms with Gasteiger partial charge in [0.25, 0.3) is 0 Å². The summed E-state index contributed by atoms with van der Waals surface area (Å²) in [6, 6.07) is 0.774. The van der Waals surface area contributed by atoms with Crippen molar-refractivity contribution in [1.82, 2.24) is 5.32 Å². The molecule has 2 N–H and O–H groups in total. The summed E-state index contributed by atoms with van der Waals surface area (Å²) in [6.45, 7) is 1.52. The maximum absolute atomic E-state index is 8.86. The third-order valence-electron chi connectivity index (χ3n) is 2.60. The third-order valence-corrected chi connectivity index (χ3v) is 2.60. The number of aliphatic hydroxyl groups excluding tert-OH is 1. The van der Waals surface area contributed by atoms with Crippen LogP contribution >= 0.6 is 0 Å². The number of hydrogen-bond acceptors (Lipinski definition) is 2. The van der Waals surface area contributed by atoms with Gasteiger partial charge in [0.2, 0.25) is 0 Å². The third kappa shape index (κ3) is 0.864. The predicted molar refractivity (Wildman–Crippen MR) is 35.1 cm³/mol. The van der Waals surface area contributed by atoms with Gasteiger partial charge >= 0.3 is 0 Å². The molecule has 1 aliphatic carbocycles. The number of piperidine rings is 1. The molecule has 0 radical (unpaired) electrons. The molecule has 0 aromatic carbocycles. The van der Waals surface area contributed by atoms with Crippen molar-refractivity contribution in [3.05, 3.63) is 0 Å². The van der Waals surface area contributed by atoms with Gasteiger partial charge in [-0.1, -0.05) is 0 Å². The van der Waals surface area contributed by atoms with Crippen LogP contribution in [0.3, 0.4) is 0 Å². The summed E-state index contributed by atoms with van der Waals surface area (Å²) >= 11 is 0. The molecule has 2 nitrogen and oxygen atoms in total. The first-order valence-corrected chi connectivity index (χ1v) is 3.76. The second-order valence-electron chi connectivity index (χ2n) is 3.19. The van der Waals surface area contributed by atoms with Crippen molar-refractivity contribution in [2.45, 2.75) is 18.9 Å². The van der Waals surface area contributed by atoms with E-state index in [1.165, 1.54) is 12.8 Å². The Bertz CT molecular complexity index is 115. The highest BCUT2D eigenvalue weighted by molar-refractivity contribution is 5.00. The van der Waals surface area contributed by atoms with Crippen LogP contribution in [0, 0.1) is 11.8 Å². The molecule has 2 rings (SSSR count). The molecule has 2 aliphatic rings. The van der Waals surface area contributed by atoms with E-state index in [0.29, 0.717) is 12.5 Å². The Labute approximate surface area is 55.3 Å². The first-order valence-electron chi connectivity index (χ1n) is 3.76. The molecule has 0 bridgehead atoms. The summed E-state index contributed by atoms with van der Waals surface area (Å²) in [5, 5.41) is 12.3. The van der Waals surface area contributed by atoms with Crippen LogP contribution in [-0.4, -0.2) is 24.3 Å². The minimum absolute atomic E-state index is 0.406. The molecular formula is C7H13NO. The number of fused-ring (bicyclic) bond motifs is 1. The monoisotopic (exact) mass is 127 g/mol. The van der Waals surface area contributed by atoms with Gasteiger partial charge in [-0.3, -0.25) is 0 Å². The minimum Gasteiger partial charge on any atom is -0.396 e. The fourth-order valence-corrected chi connectivity index (χ4v) is 1.87. The Morgan fingerprint density at radius 2 is 2.44 bits per heavy atom. The lowest BCUT2D eigenvalue weighted by Crippen LogP contribution is -2.30. The highest BCUT2D eigenvalue weighted by Gasteiger charge is 2.44. The largest absolute Gasteiger partial charge is 0.396 e. The summed E-state index contributed by atoms with van der Waals surface area (Å²) in [4.78, 5) is 0. The van der Waals surface area contributed by atoms with E-state index in [9.17, 15) is 0 Å². The highest BCUT2D eigenvalue weighted by atomic mass is 16.3. The lowest BCUT2D eigenvalue weighted by atomic mass is 9.98. The van der Waals surface area contributed by atoms with Gasteiger partial charge in [0, 0.05) is 12.6 Å². The Kier molecular flexibility index (Phi) is 1.24. The zero-order chi connectivity index (χ0) is 6.27. The fourth-order valence-electron chi connectivity index (χ4n) is 1.87. The molecule has 52 valence electrons. The molecule has 2 fully saturated rings. The quantitative estimate of drug-likeness (QED) is 0.518. The van der Waals surface area contributed by atoms with Gasteiger partial charge in [0.05, 0.1) is 0 Å². The van der Waals surface area contributed by atoms with Crippen LogP contribution in [0.4, 0.5) is 0 Å². The number of nitrogens with one attached hydrogen (secondary N) is 1. The van der Waals surface area contributed by atoms with E-state index in [2.05, 4.69) is 5.32 Å². The summed E-state index contributed by atoms with van der Waals surface area (Å²) in [7, 11) is 0. The molecule has 0 amide bonds. The average molecular weight is 127 g/mol. The van der Waals surface area contributed by atoms with E-state index < -0.39 is 0 Å². The molecule has 0 spiro atoms. The van der Waals surface area contributed by atoms with E-state index in [0.717, 1.165) is 18.5 Å². The van der Waals surface area contributed by atoms with Crippen LogP contribution in [0.2, 0.25) is 0 Å². The summed E-state index contributed by atoms with van der Waals surface area (Å²) in [6.07, 6.45) is 2.49. The smallest absolute Gasteiger partial charge is 0.0462 e. The molecule has 3 atom stereocenters. The number of hydrogen-bond donors (Lipinski definition) is 2. The zero-order valence-corrected chi connectivity index (χ0v) is 5.51. The molecule has 0 aromatic rings. The molecule has 1 saturated carbocycles. The van der Waals surface area contributed by atoms with Gasteiger partial charge in [-0.2, -0.15) is 0 Å². The maximum Gasteiger partial charge on any atom is 0.0462 e. The standard InChI is InChI=1S/C7H13NO/c9-4-5-1-2-8-7-3-6(5)7/h5-9H,1-4H2. The van der Waals surface area contributed by atoms with Crippen LogP contribution in [0.25, 0.3) is 0 Å². The second-order valence-corrected chi connectivity index (χ2v) is 3.19. The van der Waals surface area contributed by atoms with Crippen LogP contribution in [0.15, 0.2) is 0 Å². The molecular weight excluding hydrogens is 114 g/mol. The molecule has 1 saturated heterocycles. The lowest BCUT2D eigenvalue weighted by molar-refractivity contribution is 0.186. The van der Waals surface area contributed by atoms with E-state index in [-0.39, 0.29) is 0 Å². The Morgan fingerprint density at radius 3 is 3.11 bits per heavy atom. The Morgan fingerprint density at radius 1 is 1.56 bits per heavy atom. The van der Waals surface area contributed by atoms with Crippen molar-refractivity contribution in [2.24, 2.45) is 11.8 Å². The van der Waals surface area contributed by atoms with Gasteiger partial charge in [-0.15, -0.1) is 0 Å². The Balaban J connectivity index is 1.93. The Hall–Kier alpha value is -0.0800. The number of aliphatic hydroxyl groups is 1. The van der Waals surface area contributed by atoms with Gasteiger partial charge in [0.15, 0.2) is 0 Å². The second kappa shape index (κ2) is 1.96. The zero-order valence-electron chi connectivity index (χ0n) is 5.51. The normalized spacial score (nSPS) is 48.3. The van der Waals surface area contributed by atoms with E-state index in [1.807, 2.05) is 0 Å². The highest BCUT2D eigenvalue weighted by Crippen LogP contribution is 2.41. The van der Waals surface area contributed by atoms with Crippen molar-refractivity contribution >= 4 is 0 Å². The van der Waals surface area contributed by atoms with Crippen molar-refractivity contribution in [3.8, 4) is 0 Å². The van der Waals surface area contributed by atoms with Gasteiger partial charge in [0.1, 0.15) is 0 Å². The van der Waals surface area contributed by atoms with Crippen molar-refractivity contribution in [1.29, 1.82) is 0 Å². The molecule has 0 aromatic heterocycles. The van der Waals surface area contributed by atoms with Crippen molar-refractivity contribution in [2.75, 3.05) is 13.2 Å². The molecule has 9 heavy (non-hydrogen) atoms. The van der Waals surface area contributed by atoms with E-state index in [4.69, 9.17) is 5.11 Å². The predicted octanol–water partition coefficient (Wildman–Crippen LogP) is -0.0233. The first kappa shape index (κ1) is 5.69. The van der Waals surface area contributed by atoms with Gasteiger partial charge in [-0.05, 0) is 31.2 Å². The van der Waals surface area contributed by atoms with Crippen molar-refractivity contribution in [3.63, 3.8) is 0 Å². The molecule has 3 unspecified atom stereocenters. The maximum atomic E-state index is 8.86. The summed E-state index contributed by atoms with van der Waals surface area (Å²) < 4.78 is 0. The van der Waals surface area contributed by atoms with Crippen molar-refractivity contribution < 1.29 is 5.11 Å². The van der Waals surface area contributed by atoms with E-state index >= 15 is 0 Å². The lowest BCUT2D eigenvalue weighted by Gasteiger charge is -2.19. The molecule has 2 heteroatoms. The van der Waals surface area contributed by atoms with E-state index in [1.54, 1.807) is 0 Å². The summed E-state index contributed by atoms with van der Waals surface area (Å²) in [5.74, 6) is 1.44.